The molecule has 0 aliphatic carbocycles. The van der Waals surface area contributed by atoms with Gasteiger partial charge in [-0.1, -0.05) is 26.0 Å². The van der Waals surface area contributed by atoms with Gasteiger partial charge in [-0.05, 0) is 30.5 Å². The van der Waals surface area contributed by atoms with E-state index in [4.69, 9.17) is 0 Å². The smallest absolute Gasteiger partial charge is 0.135 e. The highest BCUT2D eigenvalue weighted by atomic mass is 19.1. The molecule has 0 unspecified atom stereocenters. The molecule has 1 heterocycles. The summed E-state index contributed by atoms with van der Waals surface area (Å²) in [5.74, 6) is 1.70. The van der Waals surface area contributed by atoms with Crippen molar-refractivity contribution in [3.63, 3.8) is 0 Å². The summed E-state index contributed by atoms with van der Waals surface area (Å²) in [7, 11) is 1.86. The molecule has 0 saturated heterocycles. The molecule has 106 valence electrons. The van der Waals surface area contributed by atoms with Crippen LogP contribution in [0, 0.1) is 12.7 Å². The third-order valence-corrected chi connectivity index (χ3v) is 3.25. The molecule has 2 aromatic rings. The van der Waals surface area contributed by atoms with Crippen molar-refractivity contribution < 1.29 is 4.39 Å². The fourth-order valence-corrected chi connectivity index (χ4v) is 2.43. The Kier molecular flexibility index (Phi) is 4.32. The van der Waals surface area contributed by atoms with E-state index in [1.165, 1.54) is 12.1 Å². The lowest BCUT2D eigenvalue weighted by molar-refractivity contribution is 0.625. The number of benzene rings is 1. The van der Waals surface area contributed by atoms with Gasteiger partial charge in [-0.15, -0.1) is 0 Å². The standard InChI is InChI=1S/C16H20FN3/c1-10(2)15-11(3)19-14(20-16(15)18-4)9-12-6-5-7-13(17)8-12/h5-8,10H,9H2,1-4H3,(H,18,19,20). The monoisotopic (exact) mass is 273 g/mol. The summed E-state index contributed by atoms with van der Waals surface area (Å²) in [5, 5.41) is 3.13. The van der Waals surface area contributed by atoms with Crippen molar-refractivity contribution in [3.05, 3.63) is 52.7 Å². The van der Waals surface area contributed by atoms with E-state index in [0.717, 1.165) is 22.6 Å². The van der Waals surface area contributed by atoms with Gasteiger partial charge >= 0.3 is 0 Å². The summed E-state index contributed by atoms with van der Waals surface area (Å²) < 4.78 is 13.2. The molecule has 1 N–H and O–H groups in total. The van der Waals surface area contributed by atoms with E-state index in [1.54, 1.807) is 6.07 Å². The molecular weight excluding hydrogens is 253 g/mol. The molecule has 0 radical (unpaired) electrons. The number of nitrogens with one attached hydrogen (secondary N) is 1. The Balaban J connectivity index is 2.36. The lowest BCUT2D eigenvalue weighted by atomic mass is 10.0. The predicted molar refractivity (Wildman–Crippen MR) is 79.6 cm³/mol. The van der Waals surface area contributed by atoms with Gasteiger partial charge in [-0.3, -0.25) is 0 Å². The SMILES string of the molecule is CNc1nc(Cc2cccc(F)c2)nc(C)c1C(C)C. The van der Waals surface area contributed by atoms with E-state index in [9.17, 15) is 4.39 Å². The quantitative estimate of drug-likeness (QED) is 0.923. The van der Waals surface area contributed by atoms with Gasteiger partial charge in [0.2, 0.25) is 0 Å². The van der Waals surface area contributed by atoms with Crippen LogP contribution in [-0.2, 0) is 6.42 Å². The molecule has 3 nitrogen and oxygen atoms in total. The van der Waals surface area contributed by atoms with Crippen molar-refractivity contribution in [3.8, 4) is 0 Å². The van der Waals surface area contributed by atoms with Crippen LogP contribution in [0.1, 0.15) is 42.4 Å². The van der Waals surface area contributed by atoms with Crippen molar-refractivity contribution in [2.45, 2.75) is 33.1 Å². The highest BCUT2D eigenvalue weighted by Crippen LogP contribution is 2.25. The molecule has 0 aliphatic rings. The summed E-state index contributed by atoms with van der Waals surface area (Å²) in [6.45, 7) is 6.24. The Labute approximate surface area is 119 Å². The van der Waals surface area contributed by atoms with Crippen molar-refractivity contribution in [2.24, 2.45) is 0 Å². The molecular formula is C16H20FN3. The average Bonchev–Trinajstić information content (AvgIpc) is 2.37. The van der Waals surface area contributed by atoms with E-state index in [-0.39, 0.29) is 5.82 Å². The van der Waals surface area contributed by atoms with Crippen molar-refractivity contribution >= 4 is 5.82 Å². The van der Waals surface area contributed by atoms with Crippen LogP contribution in [0.15, 0.2) is 24.3 Å². The predicted octanol–water partition coefficient (Wildman–Crippen LogP) is 3.68. The number of halogens is 1. The molecule has 1 aromatic carbocycles. The maximum Gasteiger partial charge on any atom is 0.135 e. The fourth-order valence-electron chi connectivity index (χ4n) is 2.43. The first-order valence-electron chi connectivity index (χ1n) is 6.81. The molecule has 0 saturated carbocycles. The number of hydrogen-bond donors (Lipinski definition) is 1. The Morgan fingerprint density at radius 1 is 1.25 bits per heavy atom. The van der Waals surface area contributed by atoms with Gasteiger partial charge in [0.25, 0.3) is 0 Å². The Morgan fingerprint density at radius 2 is 2.00 bits per heavy atom. The second-order valence-corrected chi connectivity index (χ2v) is 5.20. The van der Waals surface area contributed by atoms with Crippen molar-refractivity contribution in [2.75, 3.05) is 12.4 Å². The van der Waals surface area contributed by atoms with Crippen LogP contribution >= 0.6 is 0 Å². The van der Waals surface area contributed by atoms with Gasteiger partial charge in [0, 0.05) is 24.7 Å². The normalized spacial score (nSPS) is 10.9. The van der Waals surface area contributed by atoms with Crippen LogP contribution in [0.4, 0.5) is 10.2 Å². The third-order valence-electron chi connectivity index (χ3n) is 3.25. The van der Waals surface area contributed by atoms with E-state index < -0.39 is 0 Å². The molecule has 0 bridgehead atoms. The molecule has 0 amide bonds. The van der Waals surface area contributed by atoms with Crippen molar-refractivity contribution in [1.82, 2.24) is 9.97 Å². The van der Waals surface area contributed by atoms with Crippen LogP contribution < -0.4 is 5.32 Å². The van der Waals surface area contributed by atoms with Crippen LogP contribution in [0.5, 0.6) is 0 Å². The minimum Gasteiger partial charge on any atom is -0.373 e. The van der Waals surface area contributed by atoms with E-state index in [0.29, 0.717) is 18.2 Å². The first-order valence-corrected chi connectivity index (χ1v) is 6.81. The van der Waals surface area contributed by atoms with Gasteiger partial charge in [0.1, 0.15) is 17.5 Å². The second-order valence-electron chi connectivity index (χ2n) is 5.20. The summed E-state index contributed by atoms with van der Waals surface area (Å²) in [4.78, 5) is 9.11. The third kappa shape index (κ3) is 3.13. The number of nitrogens with zero attached hydrogens (tertiary/aromatic N) is 2. The number of rotatable bonds is 4. The summed E-state index contributed by atoms with van der Waals surface area (Å²) in [6, 6.07) is 6.56. The lowest BCUT2D eigenvalue weighted by Gasteiger charge is -2.15. The molecule has 20 heavy (non-hydrogen) atoms. The Morgan fingerprint density at radius 3 is 2.60 bits per heavy atom. The Bertz CT molecular complexity index is 609. The zero-order valence-electron chi connectivity index (χ0n) is 12.4. The van der Waals surface area contributed by atoms with Gasteiger partial charge < -0.3 is 5.32 Å². The largest absolute Gasteiger partial charge is 0.373 e. The van der Waals surface area contributed by atoms with Gasteiger partial charge in [0.15, 0.2) is 0 Å². The lowest BCUT2D eigenvalue weighted by Crippen LogP contribution is -2.09. The minimum absolute atomic E-state index is 0.230. The first-order chi connectivity index (χ1) is 9.51. The highest BCUT2D eigenvalue weighted by molar-refractivity contribution is 5.48. The van der Waals surface area contributed by atoms with Crippen LogP contribution in [0.2, 0.25) is 0 Å². The molecule has 1 aromatic heterocycles. The highest BCUT2D eigenvalue weighted by Gasteiger charge is 2.14. The summed E-state index contributed by atoms with van der Waals surface area (Å²) in [5.41, 5.74) is 2.99. The van der Waals surface area contributed by atoms with Crippen LogP contribution in [-0.4, -0.2) is 17.0 Å². The zero-order valence-corrected chi connectivity index (χ0v) is 12.4. The van der Waals surface area contributed by atoms with Crippen LogP contribution in [0.25, 0.3) is 0 Å². The van der Waals surface area contributed by atoms with Crippen LogP contribution in [0.3, 0.4) is 0 Å². The number of aryl methyl sites for hydroxylation is 1. The zero-order chi connectivity index (χ0) is 14.7. The molecule has 0 spiro atoms. The van der Waals surface area contributed by atoms with E-state index >= 15 is 0 Å². The molecule has 0 fully saturated rings. The molecule has 0 atom stereocenters. The topological polar surface area (TPSA) is 37.8 Å². The van der Waals surface area contributed by atoms with Crippen molar-refractivity contribution in [1.29, 1.82) is 0 Å². The Hall–Kier alpha value is -1.97. The summed E-state index contributed by atoms with van der Waals surface area (Å²) >= 11 is 0. The molecule has 0 aliphatic heterocycles. The molecule has 2 rings (SSSR count). The summed E-state index contributed by atoms with van der Waals surface area (Å²) in [6.07, 6.45) is 0.533. The number of anilines is 1. The number of hydrogen-bond acceptors (Lipinski definition) is 3. The van der Waals surface area contributed by atoms with Gasteiger partial charge in [0.05, 0.1) is 0 Å². The first kappa shape index (κ1) is 14.4. The molecule has 4 heteroatoms. The van der Waals surface area contributed by atoms with Gasteiger partial charge in [-0.25, -0.2) is 14.4 Å². The van der Waals surface area contributed by atoms with E-state index in [1.807, 2.05) is 20.0 Å². The fraction of sp³-hybridized carbons (Fsp3) is 0.375. The maximum atomic E-state index is 13.2. The van der Waals surface area contributed by atoms with Gasteiger partial charge in [-0.2, -0.15) is 0 Å². The average molecular weight is 273 g/mol. The minimum atomic E-state index is -0.230. The second kappa shape index (κ2) is 5.99. The maximum absolute atomic E-state index is 13.2. The van der Waals surface area contributed by atoms with E-state index in [2.05, 4.69) is 29.1 Å². The number of aromatic nitrogens is 2.